The molecule has 3 N–H and O–H groups in total. The zero-order valence-electron chi connectivity index (χ0n) is 9.24. The number of nitrogens with two attached hydrogens (primary N) is 1. The van der Waals surface area contributed by atoms with Gasteiger partial charge < -0.3 is 10.7 Å². The molecule has 90 valence electrons. The van der Waals surface area contributed by atoms with Gasteiger partial charge in [0.25, 0.3) is 0 Å². The first-order valence-electron chi connectivity index (χ1n) is 5.34. The Hall–Kier alpha value is -1.88. The summed E-state index contributed by atoms with van der Waals surface area (Å²) in [5.41, 5.74) is 8.73. The third-order valence-corrected chi connectivity index (χ3v) is 3.21. The van der Waals surface area contributed by atoms with E-state index in [0.717, 1.165) is 10.0 Å². The number of nitrogen functional groups attached to an aromatic ring is 1. The molecule has 3 rings (SSSR count). The number of halogens is 2. The lowest BCUT2D eigenvalue weighted by Crippen LogP contribution is -1.91. The molecule has 2 aromatic carbocycles. The third kappa shape index (κ3) is 1.86. The van der Waals surface area contributed by atoms with Gasteiger partial charge in [0.15, 0.2) is 0 Å². The van der Waals surface area contributed by atoms with Gasteiger partial charge in [-0.25, -0.2) is 9.37 Å². The predicted molar refractivity (Wildman–Crippen MR) is 73.6 cm³/mol. The summed E-state index contributed by atoms with van der Waals surface area (Å²) >= 11 is 3.35. The zero-order chi connectivity index (χ0) is 12.7. The van der Waals surface area contributed by atoms with E-state index in [9.17, 15) is 4.39 Å². The molecular formula is C13H9BrFN3. The van der Waals surface area contributed by atoms with Crippen molar-refractivity contribution in [1.29, 1.82) is 0 Å². The highest BCUT2D eigenvalue weighted by atomic mass is 79.9. The van der Waals surface area contributed by atoms with Crippen molar-refractivity contribution in [3.8, 4) is 11.4 Å². The summed E-state index contributed by atoms with van der Waals surface area (Å²) in [6.45, 7) is 0. The summed E-state index contributed by atoms with van der Waals surface area (Å²) in [5.74, 6) is 0.349. The standard InChI is InChI=1S/C13H9BrFN3/c14-7-1-3-9(10(16)5-7)13-17-11-4-2-8(15)6-12(11)18-13/h1-6H,16H2,(H,17,18). The predicted octanol–water partition coefficient (Wildman–Crippen LogP) is 3.71. The first-order chi connectivity index (χ1) is 8.63. The first-order valence-corrected chi connectivity index (χ1v) is 6.13. The van der Waals surface area contributed by atoms with Gasteiger partial charge in [-0.1, -0.05) is 15.9 Å². The average Bonchev–Trinajstić information content (AvgIpc) is 2.71. The number of aromatic nitrogens is 2. The van der Waals surface area contributed by atoms with Gasteiger partial charge in [0.2, 0.25) is 0 Å². The van der Waals surface area contributed by atoms with Crippen LogP contribution in [0.1, 0.15) is 0 Å². The Morgan fingerprint density at radius 2 is 2.00 bits per heavy atom. The van der Waals surface area contributed by atoms with Crippen LogP contribution in [0.4, 0.5) is 10.1 Å². The number of imidazole rings is 1. The van der Waals surface area contributed by atoms with Gasteiger partial charge in [-0.05, 0) is 36.4 Å². The SMILES string of the molecule is Nc1cc(Br)ccc1-c1nc2ccc(F)cc2[nH]1. The van der Waals surface area contributed by atoms with Crippen LogP contribution in [0.25, 0.3) is 22.4 Å². The third-order valence-electron chi connectivity index (χ3n) is 2.71. The fraction of sp³-hybridized carbons (Fsp3) is 0. The lowest BCUT2D eigenvalue weighted by atomic mass is 10.2. The molecule has 0 bridgehead atoms. The van der Waals surface area contributed by atoms with E-state index in [2.05, 4.69) is 25.9 Å². The van der Waals surface area contributed by atoms with Crippen LogP contribution in [-0.2, 0) is 0 Å². The van der Waals surface area contributed by atoms with Crippen LogP contribution in [-0.4, -0.2) is 9.97 Å². The Labute approximate surface area is 111 Å². The molecule has 3 nitrogen and oxygen atoms in total. The highest BCUT2D eigenvalue weighted by molar-refractivity contribution is 9.10. The smallest absolute Gasteiger partial charge is 0.140 e. The Kier molecular flexibility index (Phi) is 2.56. The molecule has 0 aliphatic carbocycles. The molecule has 0 aliphatic rings. The fourth-order valence-corrected chi connectivity index (χ4v) is 2.24. The maximum absolute atomic E-state index is 13.1. The number of nitrogens with one attached hydrogen (secondary N) is 1. The normalized spacial score (nSPS) is 11.0. The van der Waals surface area contributed by atoms with E-state index in [4.69, 9.17) is 5.73 Å². The monoisotopic (exact) mass is 305 g/mol. The topological polar surface area (TPSA) is 54.7 Å². The van der Waals surface area contributed by atoms with Gasteiger partial charge in [-0.3, -0.25) is 0 Å². The number of anilines is 1. The summed E-state index contributed by atoms with van der Waals surface area (Å²) in [6.07, 6.45) is 0. The van der Waals surface area contributed by atoms with Gasteiger partial charge in [0.1, 0.15) is 11.6 Å². The summed E-state index contributed by atoms with van der Waals surface area (Å²) in [6, 6.07) is 10.0. The van der Waals surface area contributed by atoms with E-state index in [-0.39, 0.29) is 5.82 Å². The van der Waals surface area contributed by atoms with Crippen LogP contribution in [0.5, 0.6) is 0 Å². The molecule has 0 radical (unpaired) electrons. The Morgan fingerprint density at radius 3 is 2.78 bits per heavy atom. The number of H-pyrrole nitrogens is 1. The number of nitrogens with zero attached hydrogens (tertiary/aromatic N) is 1. The molecule has 0 aliphatic heterocycles. The molecule has 0 saturated heterocycles. The quantitative estimate of drug-likeness (QED) is 0.673. The summed E-state index contributed by atoms with van der Waals surface area (Å²) in [7, 11) is 0. The summed E-state index contributed by atoms with van der Waals surface area (Å²) in [4.78, 5) is 7.46. The number of benzene rings is 2. The highest BCUT2D eigenvalue weighted by Crippen LogP contribution is 2.28. The van der Waals surface area contributed by atoms with Gasteiger partial charge in [-0.15, -0.1) is 0 Å². The van der Waals surface area contributed by atoms with E-state index < -0.39 is 0 Å². The molecule has 0 atom stereocenters. The first kappa shape index (κ1) is 11.2. The van der Waals surface area contributed by atoms with Crippen molar-refractivity contribution in [3.63, 3.8) is 0 Å². The maximum Gasteiger partial charge on any atom is 0.140 e. The molecular weight excluding hydrogens is 297 g/mol. The molecule has 0 amide bonds. The minimum absolute atomic E-state index is 0.290. The van der Waals surface area contributed by atoms with E-state index in [1.807, 2.05) is 18.2 Å². The molecule has 5 heteroatoms. The van der Waals surface area contributed by atoms with Crippen LogP contribution < -0.4 is 5.73 Å². The number of hydrogen-bond acceptors (Lipinski definition) is 2. The van der Waals surface area contributed by atoms with Crippen LogP contribution >= 0.6 is 15.9 Å². The minimum atomic E-state index is -0.290. The fourth-order valence-electron chi connectivity index (χ4n) is 1.86. The molecule has 0 fully saturated rings. The zero-order valence-corrected chi connectivity index (χ0v) is 10.8. The van der Waals surface area contributed by atoms with Crippen LogP contribution in [0.3, 0.4) is 0 Å². The summed E-state index contributed by atoms with van der Waals surface area (Å²) in [5, 5.41) is 0. The second kappa shape index (κ2) is 4.10. The van der Waals surface area contributed by atoms with E-state index in [0.29, 0.717) is 22.5 Å². The number of rotatable bonds is 1. The van der Waals surface area contributed by atoms with Crippen molar-refractivity contribution >= 4 is 32.7 Å². The second-order valence-corrected chi connectivity index (χ2v) is 4.89. The highest BCUT2D eigenvalue weighted by Gasteiger charge is 2.09. The Bertz CT molecular complexity index is 736. The summed E-state index contributed by atoms with van der Waals surface area (Å²) < 4.78 is 14.0. The van der Waals surface area contributed by atoms with Gasteiger partial charge in [0.05, 0.1) is 11.0 Å². The van der Waals surface area contributed by atoms with E-state index >= 15 is 0 Å². The Balaban J connectivity index is 2.19. The van der Waals surface area contributed by atoms with Crippen molar-refractivity contribution in [2.24, 2.45) is 0 Å². The molecule has 0 spiro atoms. The molecule has 1 aromatic heterocycles. The lowest BCUT2D eigenvalue weighted by molar-refractivity contribution is 0.629. The lowest BCUT2D eigenvalue weighted by Gasteiger charge is -2.02. The molecule has 3 aromatic rings. The minimum Gasteiger partial charge on any atom is -0.398 e. The van der Waals surface area contributed by atoms with E-state index in [1.54, 1.807) is 6.07 Å². The molecule has 18 heavy (non-hydrogen) atoms. The number of fused-ring (bicyclic) bond motifs is 1. The van der Waals surface area contributed by atoms with Crippen molar-refractivity contribution < 1.29 is 4.39 Å². The maximum atomic E-state index is 13.1. The van der Waals surface area contributed by atoms with Crippen LogP contribution in [0.15, 0.2) is 40.9 Å². The van der Waals surface area contributed by atoms with Crippen molar-refractivity contribution in [2.45, 2.75) is 0 Å². The largest absolute Gasteiger partial charge is 0.398 e. The molecule has 0 saturated carbocycles. The van der Waals surface area contributed by atoms with E-state index in [1.165, 1.54) is 12.1 Å². The van der Waals surface area contributed by atoms with Gasteiger partial charge in [-0.2, -0.15) is 0 Å². The van der Waals surface area contributed by atoms with Crippen molar-refractivity contribution in [2.75, 3.05) is 5.73 Å². The van der Waals surface area contributed by atoms with Crippen LogP contribution in [0, 0.1) is 5.82 Å². The average molecular weight is 306 g/mol. The Morgan fingerprint density at radius 1 is 1.17 bits per heavy atom. The number of aromatic amines is 1. The number of hydrogen-bond donors (Lipinski definition) is 2. The van der Waals surface area contributed by atoms with Crippen LogP contribution in [0.2, 0.25) is 0 Å². The van der Waals surface area contributed by atoms with Gasteiger partial charge in [0, 0.05) is 15.7 Å². The second-order valence-electron chi connectivity index (χ2n) is 3.98. The molecule has 0 unspecified atom stereocenters. The van der Waals surface area contributed by atoms with Crippen molar-refractivity contribution in [3.05, 3.63) is 46.7 Å². The van der Waals surface area contributed by atoms with Gasteiger partial charge >= 0.3 is 0 Å². The molecule has 1 heterocycles. The van der Waals surface area contributed by atoms with Crippen molar-refractivity contribution in [1.82, 2.24) is 9.97 Å².